The molecule has 0 bridgehead atoms. The van der Waals surface area contributed by atoms with Crippen LogP contribution in [0.25, 0.3) is 0 Å². The van der Waals surface area contributed by atoms with Crippen molar-refractivity contribution in [1.29, 1.82) is 0 Å². The minimum atomic E-state index is 0.405. The average molecular weight is 359 g/mol. The summed E-state index contributed by atoms with van der Waals surface area (Å²) >= 11 is 0. The second-order valence-electron chi connectivity index (χ2n) is 6.40. The lowest BCUT2D eigenvalue weighted by molar-refractivity contribution is 0.301. The van der Waals surface area contributed by atoms with Gasteiger partial charge in [0.05, 0.1) is 30.4 Å². The summed E-state index contributed by atoms with van der Waals surface area (Å²) < 4.78 is 11.0. The van der Waals surface area contributed by atoms with Crippen LogP contribution in [0.1, 0.15) is 29.4 Å². The van der Waals surface area contributed by atoms with Gasteiger partial charge in [0, 0.05) is 29.9 Å². The Morgan fingerprint density at radius 3 is 2.44 bits per heavy atom. The van der Waals surface area contributed by atoms with Crippen molar-refractivity contribution in [2.75, 3.05) is 7.11 Å². The van der Waals surface area contributed by atoms with Crippen LogP contribution in [-0.2, 0) is 19.4 Å². The highest BCUT2D eigenvalue weighted by Gasteiger charge is 2.17. The number of nitrogens with zero attached hydrogens (tertiary/aromatic N) is 3. The minimum absolute atomic E-state index is 0.405. The number of aromatic nitrogens is 2. The van der Waals surface area contributed by atoms with Crippen molar-refractivity contribution < 1.29 is 9.47 Å². The van der Waals surface area contributed by atoms with Crippen LogP contribution >= 0.6 is 0 Å². The molecule has 0 amide bonds. The van der Waals surface area contributed by atoms with Gasteiger partial charge in [-0.3, -0.25) is 15.0 Å². The van der Waals surface area contributed by atoms with Gasteiger partial charge in [0.2, 0.25) is 0 Å². The van der Waals surface area contributed by atoms with E-state index >= 15 is 0 Å². The molecule has 1 aliphatic rings. The summed E-state index contributed by atoms with van der Waals surface area (Å²) in [6.07, 6.45) is 5.37. The van der Waals surface area contributed by atoms with Gasteiger partial charge in [-0.05, 0) is 42.3 Å². The summed E-state index contributed by atoms with van der Waals surface area (Å²) in [4.78, 5) is 13.6. The number of methoxy groups -OCH3 is 1. The van der Waals surface area contributed by atoms with Crippen LogP contribution in [0.15, 0.2) is 59.9 Å². The van der Waals surface area contributed by atoms with E-state index in [1.807, 2.05) is 30.5 Å². The van der Waals surface area contributed by atoms with Crippen LogP contribution in [0.4, 0.5) is 5.69 Å². The van der Waals surface area contributed by atoms with E-state index in [9.17, 15) is 0 Å². The highest BCUT2D eigenvalue weighted by atomic mass is 16.5. The molecular weight excluding hydrogens is 338 g/mol. The molecule has 0 spiro atoms. The van der Waals surface area contributed by atoms with Crippen LogP contribution in [0.3, 0.4) is 0 Å². The van der Waals surface area contributed by atoms with Gasteiger partial charge in [0.25, 0.3) is 0 Å². The Morgan fingerprint density at radius 2 is 1.74 bits per heavy atom. The van der Waals surface area contributed by atoms with Crippen molar-refractivity contribution in [3.05, 3.63) is 77.4 Å². The molecule has 5 heteroatoms. The zero-order valence-corrected chi connectivity index (χ0v) is 15.5. The molecule has 3 aromatic rings. The summed E-state index contributed by atoms with van der Waals surface area (Å²) in [6, 6.07) is 14.0. The Hall–Kier alpha value is -3.21. The number of aliphatic imine (C=N–C) groups is 1. The number of pyridine rings is 2. The standard InChI is InChI=1S/C22H21N3O2/c1-3-17-6-4-16(12-23-17)21-10-15-5-8-19(11-22(15)25-21)27-14-18-7-9-20(26-2)13-24-18/h4-9,11-13H,3,10,14H2,1-2H3. The van der Waals surface area contributed by atoms with E-state index in [-0.39, 0.29) is 0 Å². The van der Waals surface area contributed by atoms with Crippen molar-refractivity contribution in [3.8, 4) is 11.5 Å². The third-order valence-corrected chi connectivity index (χ3v) is 4.61. The normalized spacial score (nSPS) is 12.4. The topological polar surface area (TPSA) is 56.6 Å². The van der Waals surface area contributed by atoms with E-state index in [4.69, 9.17) is 14.5 Å². The van der Waals surface area contributed by atoms with Gasteiger partial charge >= 0.3 is 0 Å². The van der Waals surface area contributed by atoms with Crippen molar-refractivity contribution in [2.45, 2.75) is 26.4 Å². The molecule has 0 radical (unpaired) electrons. The van der Waals surface area contributed by atoms with Gasteiger partial charge in [-0.1, -0.05) is 13.0 Å². The summed E-state index contributed by atoms with van der Waals surface area (Å²) in [6.45, 7) is 2.51. The van der Waals surface area contributed by atoms with E-state index < -0.39 is 0 Å². The van der Waals surface area contributed by atoms with Crippen LogP contribution in [0.5, 0.6) is 11.5 Å². The van der Waals surface area contributed by atoms with Crippen molar-refractivity contribution in [3.63, 3.8) is 0 Å². The quantitative estimate of drug-likeness (QED) is 0.658. The zero-order valence-electron chi connectivity index (χ0n) is 15.5. The first-order chi connectivity index (χ1) is 13.2. The average Bonchev–Trinajstić information content (AvgIpc) is 3.16. The van der Waals surface area contributed by atoms with Gasteiger partial charge in [-0.2, -0.15) is 0 Å². The number of ether oxygens (including phenoxy) is 2. The molecule has 0 saturated carbocycles. The van der Waals surface area contributed by atoms with Crippen molar-refractivity contribution in [2.24, 2.45) is 4.99 Å². The SMILES string of the molecule is CCc1ccc(C2=Nc3cc(OCc4ccc(OC)cn4)ccc3C2)cn1. The minimum Gasteiger partial charge on any atom is -0.495 e. The van der Waals surface area contributed by atoms with E-state index in [1.165, 1.54) is 5.56 Å². The molecule has 5 nitrogen and oxygen atoms in total. The summed E-state index contributed by atoms with van der Waals surface area (Å²) in [5, 5.41) is 0. The molecule has 3 heterocycles. The fourth-order valence-corrected chi connectivity index (χ4v) is 3.00. The maximum absolute atomic E-state index is 5.88. The Balaban J connectivity index is 1.46. The fourth-order valence-electron chi connectivity index (χ4n) is 3.00. The number of benzene rings is 1. The predicted molar refractivity (Wildman–Crippen MR) is 105 cm³/mol. The summed E-state index contributed by atoms with van der Waals surface area (Å²) in [5.74, 6) is 1.52. The highest BCUT2D eigenvalue weighted by molar-refractivity contribution is 6.06. The van der Waals surface area contributed by atoms with Gasteiger partial charge < -0.3 is 9.47 Å². The third-order valence-electron chi connectivity index (χ3n) is 4.61. The second-order valence-corrected chi connectivity index (χ2v) is 6.40. The molecule has 1 aliphatic heterocycles. The van der Waals surface area contributed by atoms with E-state index in [0.29, 0.717) is 6.61 Å². The lowest BCUT2D eigenvalue weighted by Gasteiger charge is -2.07. The molecule has 0 N–H and O–H groups in total. The molecule has 1 aromatic carbocycles. The van der Waals surface area contributed by atoms with Crippen LogP contribution < -0.4 is 9.47 Å². The molecule has 2 aromatic heterocycles. The van der Waals surface area contributed by atoms with Gasteiger partial charge in [-0.15, -0.1) is 0 Å². The van der Waals surface area contributed by atoms with Gasteiger partial charge in [0.1, 0.15) is 18.1 Å². The third kappa shape index (κ3) is 3.82. The van der Waals surface area contributed by atoms with Gasteiger partial charge in [0.15, 0.2) is 0 Å². The number of rotatable bonds is 6. The zero-order chi connectivity index (χ0) is 18.6. The molecule has 0 fully saturated rings. The molecule has 4 rings (SSSR count). The first-order valence-electron chi connectivity index (χ1n) is 9.02. The molecule has 0 saturated heterocycles. The number of fused-ring (bicyclic) bond motifs is 1. The lowest BCUT2D eigenvalue weighted by atomic mass is 10.1. The molecule has 0 atom stereocenters. The predicted octanol–water partition coefficient (Wildman–Crippen LogP) is 4.30. The van der Waals surface area contributed by atoms with Crippen LogP contribution in [0.2, 0.25) is 0 Å². The fraction of sp³-hybridized carbons (Fsp3) is 0.227. The number of aryl methyl sites for hydroxylation is 1. The highest BCUT2D eigenvalue weighted by Crippen LogP contribution is 2.32. The molecular formula is C22H21N3O2. The lowest BCUT2D eigenvalue weighted by Crippen LogP contribution is -2.01. The Labute approximate surface area is 158 Å². The monoisotopic (exact) mass is 359 g/mol. The van der Waals surface area contributed by atoms with Crippen LogP contribution in [0, 0.1) is 0 Å². The Kier molecular flexibility index (Phi) is 4.83. The van der Waals surface area contributed by atoms with Crippen LogP contribution in [-0.4, -0.2) is 22.8 Å². The smallest absolute Gasteiger partial charge is 0.137 e. The maximum Gasteiger partial charge on any atom is 0.137 e. The first kappa shape index (κ1) is 17.2. The Bertz CT molecular complexity index is 964. The summed E-state index contributed by atoms with van der Waals surface area (Å²) in [7, 11) is 1.63. The van der Waals surface area contributed by atoms with E-state index in [1.54, 1.807) is 13.3 Å². The molecule has 136 valence electrons. The maximum atomic E-state index is 5.88. The molecule has 27 heavy (non-hydrogen) atoms. The van der Waals surface area contributed by atoms with Crippen molar-refractivity contribution >= 4 is 11.4 Å². The van der Waals surface area contributed by atoms with Gasteiger partial charge in [-0.25, -0.2) is 0 Å². The first-order valence-corrected chi connectivity index (χ1v) is 9.02. The summed E-state index contributed by atoms with van der Waals surface area (Å²) in [5.41, 5.74) is 6.24. The number of hydrogen-bond donors (Lipinski definition) is 0. The molecule has 0 unspecified atom stereocenters. The Morgan fingerprint density at radius 1 is 0.926 bits per heavy atom. The van der Waals surface area contributed by atoms with E-state index in [0.717, 1.165) is 52.7 Å². The van der Waals surface area contributed by atoms with Crippen molar-refractivity contribution in [1.82, 2.24) is 9.97 Å². The number of hydrogen-bond acceptors (Lipinski definition) is 5. The van der Waals surface area contributed by atoms with E-state index in [2.05, 4.69) is 35.1 Å². The molecule has 0 aliphatic carbocycles. The largest absolute Gasteiger partial charge is 0.495 e. The second kappa shape index (κ2) is 7.58.